The first kappa shape index (κ1) is 71.6. The smallest absolute Gasteiger partial charge is 0.409 e. The van der Waals surface area contributed by atoms with Gasteiger partial charge in [0.2, 0.25) is 5.79 Å². The number of rotatable bonds is 20. The number of nitrogens with zero attached hydrogens (tertiary/aromatic N) is 2. The Balaban J connectivity index is 1.58. The van der Waals surface area contributed by atoms with Crippen molar-refractivity contribution in [2.45, 2.75) is 186 Å². The van der Waals surface area contributed by atoms with Crippen LogP contribution in [0, 0.1) is 35.5 Å². The van der Waals surface area contributed by atoms with E-state index in [9.17, 15) is 34.2 Å². The molecule has 83 heavy (non-hydrogen) atoms. The van der Waals surface area contributed by atoms with Gasteiger partial charge in [0, 0.05) is 86.3 Å². The van der Waals surface area contributed by atoms with Crippen LogP contribution in [0.25, 0.3) is 0 Å². The number of likely N-dealkylation sites (N-methyl/N-ethyl adjacent to an activating group) is 1. The highest BCUT2D eigenvalue weighted by Gasteiger charge is 2.53. The SMILES string of the molecule is COCCOCCOCCOCCN(C)C(=O)O[C@@H]1CC[C@@H](C[C@@H](C)[C@@H]2C[C@@H](OC)[C@H](C)/C=C(\C)[C@@H](O)[C@@H](OC)C(=O)[C@H](C)C[C@H](C)/C=C/C=C/C=C(\C)[C@@H](OC)C[C@@H]3CC[C@@H](C)[C@@](O)(O3)C(=O)C(=O)N3CCCC[C@H]3C(=O)O2)C[C@H]1OC. The largest absolute Gasteiger partial charge is 0.460 e. The summed E-state index contributed by atoms with van der Waals surface area (Å²) in [6, 6.07) is -1.12. The van der Waals surface area contributed by atoms with Crippen LogP contribution in [0.1, 0.15) is 126 Å². The number of esters is 1. The van der Waals surface area contributed by atoms with Crippen LogP contribution in [-0.2, 0) is 71.3 Å². The fraction of sp³-hybridized carbons (Fsp3) is 0.794. The molecule has 0 aromatic rings. The molecule has 2 N–H and O–H groups in total. The average Bonchev–Trinajstić information content (AvgIpc) is 3.02. The molecule has 0 unspecified atom stereocenters. The molecule has 3 aliphatic heterocycles. The zero-order valence-electron chi connectivity index (χ0n) is 52.3. The molecule has 4 rings (SSSR count). The summed E-state index contributed by atoms with van der Waals surface area (Å²) in [5, 5.41) is 23.8. The summed E-state index contributed by atoms with van der Waals surface area (Å²) in [7, 11) is 9.46. The molecule has 1 aliphatic carbocycles. The predicted molar refractivity (Wildman–Crippen MR) is 312 cm³/mol. The number of methoxy groups -OCH3 is 5. The molecule has 16 atom stereocenters. The van der Waals surface area contributed by atoms with Crippen molar-refractivity contribution in [3.05, 3.63) is 47.6 Å². The van der Waals surface area contributed by atoms with E-state index in [0.717, 1.165) is 5.57 Å². The van der Waals surface area contributed by atoms with Crippen molar-refractivity contribution in [1.29, 1.82) is 0 Å². The Bertz CT molecular complexity index is 2120. The molecular formula is C63H104N2O18. The predicted octanol–water partition coefficient (Wildman–Crippen LogP) is 7.40. The Morgan fingerprint density at radius 2 is 1.43 bits per heavy atom. The number of ether oxygens (including phenoxy) is 11. The highest BCUT2D eigenvalue weighted by molar-refractivity contribution is 6.39. The number of carbonyl (C=O) groups is 5. The van der Waals surface area contributed by atoms with E-state index in [-0.39, 0.29) is 48.8 Å². The summed E-state index contributed by atoms with van der Waals surface area (Å²) in [6.45, 7) is 16.6. The van der Waals surface area contributed by atoms with Crippen LogP contribution in [-0.4, -0.2) is 212 Å². The van der Waals surface area contributed by atoms with E-state index in [1.807, 2.05) is 71.1 Å². The Hall–Kier alpha value is -3.93. The molecule has 2 saturated heterocycles. The zero-order valence-corrected chi connectivity index (χ0v) is 52.3. The normalized spacial score (nSPS) is 35.0. The molecule has 20 nitrogen and oxygen atoms in total. The van der Waals surface area contributed by atoms with Gasteiger partial charge in [-0.1, -0.05) is 71.1 Å². The minimum absolute atomic E-state index is 0.0237. The van der Waals surface area contributed by atoms with Gasteiger partial charge in [-0.3, -0.25) is 14.4 Å². The van der Waals surface area contributed by atoms with Crippen molar-refractivity contribution in [3.8, 4) is 0 Å². The molecule has 3 heterocycles. The number of hydrogen-bond acceptors (Lipinski definition) is 18. The first-order valence-corrected chi connectivity index (χ1v) is 30.3. The topological polar surface area (TPSA) is 234 Å². The number of allylic oxidation sites excluding steroid dienone is 5. The molecule has 0 radical (unpaired) electrons. The van der Waals surface area contributed by atoms with E-state index in [1.54, 1.807) is 49.3 Å². The standard InChI is InChI=1S/C63H104N2O18/c1-41-19-15-14-16-20-42(2)52(74-10)39-49-24-22-47(7)63(72,83-49)59(68)60(69)65-26-18-17-21-50(65)61(70)81-54(40-53(75-11)43(3)36-46(6)57(67)58(77-13)56(66)45(5)35-41)44(4)37-48-23-25-51(55(38-48)76-12)82-62(71)64(8)27-28-78-31-32-80-34-33-79-30-29-73-9/h14-16,19-20,36,41,43-45,47-55,57-58,67,72H,17-18,21-35,37-40H2,1-13H3/b16-14+,19-15+,42-20+,46-36+/t41-,43-,44-,45-,47-,48+,49+,50+,51-,52+,53-,54+,55-,57-,58+,63-/m1/s1. The molecule has 3 fully saturated rings. The highest BCUT2D eigenvalue weighted by Crippen LogP contribution is 2.38. The maximum Gasteiger partial charge on any atom is 0.409 e. The second kappa shape index (κ2) is 36.9. The molecule has 0 aromatic carbocycles. The quantitative estimate of drug-likeness (QED) is 0.0523. The van der Waals surface area contributed by atoms with Gasteiger partial charge in [0.15, 0.2) is 5.78 Å². The number of aliphatic hydroxyl groups is 2. The van der Waals surface area contributed by atoms with Crippen LogP contribution in [0.3, 0.4) is 0 Å². The molecule has 4 aliphatic rings. The Kier molecular flexibility index (Phi) is 31.8. The summed E-state index contributed by atoms with van der Waals surface area (Å²) in [4.78, 5) is 73.7. The molecule has 20 heteroatoms. The Morgan fingerprint density at radius 1 is 0.759 bits per heavy atom. The zero-order chi connectivity index (χ0) is 61.2. The molecule has 0 spiro atoms. The van der Waals surface area contributed by atoms with Gasteiger partial charge in [0.05, 0.1) is 70.7 Å². The van der Waals surface area contributed by atoms with Crippen molar-refractivity contribution < 1.29 is 86.3 Å². The Labute approximate surface area is 495 Å². The molecule has 0 aromatic heterocycles. The minimum Gasteiger partial charge on any atom is -0.460 e. The molecule has 474 valence electrons. The number of ketones is 2. The first-order valence-electron chi connectivity index (χ1n) is 30.3. The fourth-order valence-corrected chi connectivity index (χ4v) is 11.9. The number of piperidine rings is 1. The van der Waals surface area contributed by atoms with Crippen molar-refractivity contribution in [1.82, 2.24) is 9.80 Å². The summed E-state index contributed by atoms with van der Waals surface area (Å²) >= 11 is 0. The van der Waals surface area contributed by atoms with Gasteiger partial charge in [0.25, 0.3) is 11.7 Å². The van der Waals surface area contributed by atoms with Gasteiger partial charge in [-0.05, 0) is 107 Å². The monoisotopic (exact) mass is 1180 g/mol. The van der Waals surface area contributed by atoms with Crippen LogP contribution in [0.5, 0.6) is 0 Å². The summed E-state index contributed by atoms with van der Waals surface area (Å²) in [5.74, 6) is -7.14. The van der Waals surface area contributed by atoms with Crippen LogP contribution in [0.2, 0.25) is 0 Å². The minimum atomic E-state index is -2.44. The van der Waals surface area contributed by atoms with Gasteiger partial charge >= 0.3 is 12.1 Å². The van der Waals surface area contributed by atoms with Gasteiger partial charge in [-0.25, -0.2) is 9.59 Å². The van der Waals surface area contributed by atoms with E-state index in [4.69, 9.17) is 52.1 Å². The number of amides is 2. The van der Waals surface area contributed by atoms with E-state index in [2.05, 4.69) is 0 Å². The third kappa shape index (κ3) is 22.1. The lowest BCUT2D eigenvalue weighted by Gasteiger charge is -2.43. The molecule has 1 saturated carbocycles. The molecular weight excluding hydrogens is 1070 g/mol. The lowest BCUT2D eigenvalue weighted by Crippen LogP contribution is -2.61. The van der Waals surface area contributed by atoms with E-state index < -0.39 is 96.2 Å². The Morgan fingerprint density at radius 3 is 2.08 bits per heavy atom. The summed E-state index contributed by atoms with van der Waals surface area (Å²) < 4.78 is 64.1. The van der Waals surface area contributed by atoms with E-state index in [1.165, 1.54) is 16.9 Å². The fourth-order valence-electron chi connectivity index (χ4n) is 11.9. The van der Waals surface area contributed by atoms with Crippen molar-refractivity contribution in [2.75, 3.05) is 102 Å². The highest BCUT2D eigenvalue weighted by atomic mass is 16.6. The number of hydrogen-bond donors (Lipinski definition) is 2. The molecule has 2 amide bonds. The lowest BCUT2D eigenvalue weighted by molar-refractivity contribution is -0.265. The van der Waals surface area contributed by atoms with E-state index >= 15 is 0 Å². The van der Waals surface area contributed by atoms with Crippen molar-refractivity contribution >= 4 is 29.5 Å². The van der Waals surface area contributed by atoms with Crippen LogP contribution in [0.15, 0.2) is 47.6 Å². The third-order valence-corrected chi connectivity index (χ3v) is 17.2. The van der Waals surface area contributed by atoms with Crippen molar-refractivity contribution in [2.24, 2.45) is 35.5 Å². The maximum absolute atomic E-state index is 14.8. The summed E-state index contributed by atoms with van der Waals surface area (Å²) in [5.41, 5.74) is 1.39. The number of Topliss-reactive ketones (excluding diaryl/α,β-unsaturated/α-hetero) is 2. The van der Waals surface area contributed by atoms with Crippen molar-refractivity contribution in [3.63, 3.8) is 0 Å². The maximum atomic E-state index is 14.8. The lowest BCUT2D eigenvalue weighted by atomic mass is 9.78. The average molecular weight is 1180 g/mol. The number of aliphatic hydroxyl groups excluding tert-OH is 1. The van der Waals surface area contributed by atoms with Crippen LogP contribution in [0.4, 0.5) is 4.79 Å². The van der Waals surface area contributed by atoms with Gasteiger partial charge < -0.3 is 72.1 Å². The van der Waals surface area contributed by atoms with Gasteiger partial charge in [-0.2, -0.15) is 0 Å². The second-order valence-corrected chi connectivity index (χ2v) is 23.6. The number of cyclic esters (lactones) is 1. The van der Waals surface area contributed by atoms with Gasteiger partial charge in [0.1, 0.15) is 30.5 Å². The van der Waals surface area contributed by atoms with E-state index in [0.29, 0.717) is 123 Å². The first-order chi connectivity index (χ1) is 39.6. The number of carbonyl (C=O) groups excluding carboxylic acids is 5. The number of fused-ring (bicyclic) bond motifs is 3. The molecule has 2 bridgehead atoms. The summed E-state index contributed by atoms with van der Waals surface area (Å²) in [6.07, 6.45) is 11.1. The third-order valence-electron chi connectivity index (χ3n) is 17.2. The van der Waals surface area contributed by atoms with Crippen LogP contribution < -0.4 is 0 Å². The van der Waals surface area contributed by atoms with Gasteiger partial charge in [-0.15, -0.1) is 0 Å². The second-order valence-electron chi connectivity index (χ2n) is 23.6. The van der Waals surface area contributed by atoms with Crippen LogP contribution >= 0.6 is 0 Å².